The third kappa shape index (κ3) is 7.19. The lowest BCUT2D eigenvalue weighted by molar-refractivity contribution is -0.0238. The van der Waals surface area contributed by atoms with Crippen molar-refractivity contribution in [2.45, 2.75) is 26.4 Å². The van der Waals surface area contributed by atoms with Crippen LogP contribution in [0.4, 0.5) is 0 Å². The number of ether oxygens (including phenoxy) is 2. The van der Waals surface area contributed by atoms with Crippen molar-refractivity contribution in [3.05, 3.63) is 56.5 Å². The third-order valence-corrected chi connectivity index (χ3v) is 4.95. The molecular weight excluding hydrogens is 462 g/mol. The molecule has 6 nitrogen and oxygen atoms in total. The van der Waals surface area contributed by atoms with E-state index in [1.165, 1.54) is 50.2 Å². The molecule has 0 bridgehead atoms. The van der Waals surface area contributed by atoms with E-state index in [2.05, 4.69) is 0 Å². The molecular formula is C16H14Cl4O6S. The number of hydrogen-bond donors (Lipinski definition) is 0. The van der Waals surface area contributed by atoms with E-state index in [-0.39, 0.29) is 21.5 Å². The Balaban J connectivity index is 1.94. The van der Waals surface area contributed by atoms with Crippen LogP contribution in [0.5, 0.6) is 11.5 Å². The third-order valence-electron chi connectivity index (χ3n) is 2.88. The fourth-order valence-corrected chi connectivity index (χ4v) is 3.59. The topological polar surface area (TPSA) is 71.1 Å². The van der Waals surface area contributed by atoms with Crippen molar-refractivity contribution < 1.29 is 26.3 Å². The average Bonchev–Trinajstić information content (AvgIpc) is 2.51. The summed E-state index contributed by atoms with van der Waals surface area (Å²) in [5.74, 6) is 0.391. The molecule has 0 amide bonds. The van der Waals surface area contributed by atoms with E-state index in [9.17, 15) is 8.42 Å². The first kappa shape index (κ1) is 22.4. The van der Waals surface area contributed by atoms with Gasteiger partial charge in [0.15, 0.2) is 0 Å². The van der Waals surface area contributed by atoms with Gasteiger partial charge in [-0.15, -0.1) is 0 Å². The second-order valence-electron chi connectivity index (χ2n) is 5.12. The lowest BCUT2D eigenvalue weighted by Crippen LogP contribution is -2.27. The van der Waals surface area contributed by atoms with Crippen molar-refractivity contribution in [1.29, 1.82) is 0 Å². The summed E-state index contributed by atoms with van der Waals surface area (Å²) in [4.78, 5) is 0. The fourth-order valence-electron chi connectivity index (χ4n) is 1.89. The zero-order valence-electron chi connectivity index (χ0n) is 14.0. The van der Waals surface area contributed by atoms with Crippen LogP contribution in [-0.2, 0) is 18.8 Å². The molecule has 0 aliphatic carbocycles. The van der Waals surface area contributed by atoms with Crippen LogP contribution in [0, 0.1) is 0 Å². The Hall–Kier alpha value is -0.930. The van der Waals surface area contributed by atoms with E-state index in [0.717, 1.165) is 0 Å². The Kier molecular flexibility index (Phi) is 7.88. The molecule has 2 unspecified atom stereocenters. The van der Waals surface area contributed by atoms with Crippen molar-refractivity contribution in [1.82, 2.24) is 0 Å². The standard InChI is InChI=1S/C16H14Cl4O6S/c1-9(23-15-5-3-11(17)7-13(15)19)25-27(21,22)26-10(2)24-16-6-4-12(18)8-14(16)20/h3-10H,1-2H3. The molecule has 2 aromatic rings. The highest BCUT2D eigenvalue weighted by molar-refractivity contribution is 7.81. The Labute approximate surface area is 177 Å². The molecule has 2 aromatic carbocycles. The van der Waals surface area contributed by atoms with E-state index in [4.69, 9.17) is 64.2 Å². The maximum absolute atomic E-state index is 12.0. The molecule has 0 aromatic heterocycles. The van der Waals surface area contributed by atoms with Gasteiger partial charge in [0, 0.05) is 10.0 Å². The van der Waals surface area contributed by atoms with Crippen LogP contribution < -0.4 is 9.47 Å². The number of benzene rings is 2. The SMILES string of the molecule is CC(Oc1ccc(Cl)cc1Cl)OS(=O)(=O)OC(C)Oc1ccc(Cl)cc1Cl. The van der Waals surface area contributed by atoms with Crippen molar-refractivity contribution in [2.75, 3.05) is 0 Å². The molecule has 27 heavy (non-hydrogen) atoms. The van der Waals surface area contributed by atoms with Crippen LogP contribution in [-0.4, -0.2) is 21.0 Å². The Morgan fingerprint density at radius 2 is 1.11 bits per heavy atom. The highest BCUT2D eigenvalue weighted by Crippen LogP contribution is 2.30. The van der Waals surface area contributed by atoms with E-state index in [1.54, 1.807) is 0 Å². The summed E-state index contributed by atoms with van der Waals surface area (Å²) >= 11 is 23.5. The van der Waals surface area contributed by atoms with E-state index in [1.807, 2.05) is 0 Å². The molecule has 148 valence electrons. The number of hydrogen-bond acceptors (Lipinski definition) is 6. The van der Waals surface area contributed by atoms with Gasteiger partial charge in [0.2, 0.25) is 12.6 Å². The van der Waals surface area contributed by atoms with Gasteiger partial charge in [0.05, 0.1) is 10.0 Å². The Morgan fingerprint density at radius 1 is 0.741 bits per heavy atom. The normalized spacial score (nSPS) is 13.9. The fraction of sp³-hybridized carbons (Fsp3) is 0.250. The van der Waals surface area contributed by atoms with Gasteiger partial charge in [0.25, 0.3) is 0 Å². The average molecular weight is 476 g/mol. The van der Waals surface area contributed by atoms with Gasteiger partial charge in [-0.25, -0.2) is 8.37 Å². The number of halogens is 4. The van der Waals surface area contributed by atoms with Crippen molar-refractivity contribution in [3.8, 4) is 11.5 Å². The van der Waals surface area contributed by atoms with Gasteiger partial charge < -0.3 is 9.47 Å². The van der Waals surface area contributed by atoms with Crippen LogP contribution in [0.1, 0.15) is 13.8 Å². The minimum Gasteiger partial charge on any atom is -0.462 e. The second kappa shape index (κ2) is 9.52. The zero-order chi connectivity index (χ0) is 20.2. The first-order valence-corrected chi connectivity index (χ1v) is 10.2. The molecule has 0 saturated carbocycles. The molecule has 0 N–H and O–H groups in total. The Morgan fingerprint density at radius 3 is 1.44 bits per heavy atom. The van der Waals surface area contributed by atoms with Crippen LogP contribution in [0.25, 0.3) is 0 Å². The van der Waals surface area contributed by atoms with Gasteiger partial charge in [-0.3, -0.25) is 0 Å². The second-order valence-corrected chi connectivity index (χ2v) is 8.01. The molecule has 0 spiro atoms. The van der Waals surface area contributed by atoms with Gasteiger partial charge in [-0.05, 0) is 50.2 Å². The first-order valence-electron chi connectivity index (χ1n) is 7.40. The lowest BCUT2D eigenvalue weighted by atomic mass is 10.3. The predicted molar refractivity (Wildman–Crippen MR) is 104 cm³/mol. The molecule has 0 heterocycles. The summed E-state index contributed by atoms with van der Waals surface area (Å²) in [6, 6.07) is 8.92. The van der Waals surface area contributed by atoms with Crippen LogP contribution in [0.3, 0.4) is 0 Å². The molecule has 0 radical (unpaired) electrons. The summed E-state index contributed by atoms with van der Waals surface area (Å²) in [7, 11) is -4.45. The van der Waals surface area contributed by atoms with Gasteiger partial charge >= 0.3 is 10.4 Å². The van der Waals surface area contributed by atoms with Crippen LogP contribution >= 0.6 is 46.4 Å². The number of rotatable bonds is 8. The van der Waals surface area contributed by atoms with Crippen molar-refractivity contribution >= 4 is 56.8 Å². The van der Waals surface area contributed by atoms with Crippen LogP contribution in [0.2, 0.25) is 20.1 Å². The summed E-state index contributed by atoms with van der Waals surface area (Å²) in [5.41, 5.74) is 0. The van der Waals surface area contributed by atoms with E-state index < -0.39 is 23.0 Å². The highest BCUT2D eigenvalue weighted by Gasteiger charge is 2.23. The highest BCUT2D eigenvalue weighted by atomic mass is 35.5. The maximum Gasteiger partial charge on any atom is 0.406 e. The molecule has 0 saturated heterocycles. The molecule has 0 aliphatic rings. The quantitative estimate of drug-likeness (QED) is 0.454. The smallest absolute Gasteiger partial charge is 0.406 e. The molecule has 2 atom stereocenters. The van der Waals surface area contributed by atoms with Crippen LogP contribution in [0.15, 0.2) is 36.4 Å². The monoisotopic (exact) mass is 474 g/mol. The largest absolute Gasteiger partial charge is 0.462 e. The summed E-state index contributed by atoms with van der Waals surface area (Å²) in [6.07, 6.45) is -2.44. The van der Waals surface area contributed by atoms with E-state index in [0.29, 0.717) is 10.0 Å². The minimum absolute atomic E-state index is 0.195. The van der Waals surface area contributed by atoms with Gasteiger partial charge in [-0.2, -0.15) is 8.42 Å². The Bertz CT molecular complexity index is 838. The molecule has 0 aliphatic heterocycles. The van der Waals surface area contributed by atoms with Crippen molar-refractivity contribution in [2.24, 2.45) is 0 Å². The van der Waals surface area contributed by atoms with E-state index >= 15 is 0 Å². The molecule has 2 rings (SSSR count). The molecule has 0 fully saturated rings. The lowest BCUT2D eigenvalue weighted by Gasteiger charge is -2.19. The summed E-state index contributed by atoms with van der Waals surface area (Å²) in [5, 5.41) is 1.21. The first-order chi connectivity index (χ1) is 12.6. The molecule has 11 heteroatoms. The van der Waals surface area contributed by atoms with Gasteiger partial charge in [0.1, 0.15) is 11.5 Å². The van der Waals surface area contributed by atoms with Gasteiger partial charge in [-0.1, -0.05) is 46.4 Å². The van der Waals surface area contributed by atoms with Crippen molar-refractivity contribution in [3.63, 3.8) is 0 Å². The predicted octanol–water partition coefficient (Wildman–Crippen LogP) is 5.73. The summed E-state index contributed by atoms with van der Waals surface area (Å²) < 4.78 is 44.2. The minimum atomic E-state index is -4.45. The zero-order valence-corrected chi connectivity index (χ0v) is 17.8. The maximum atomic E-state index is 12.0. The summed E-state index contributed by atoms with van der Waals surface area (Å²) in [6.45, 7) is 2.71.